The van der Waals surface area contributed by atoms with Crippen LogP contribution < -0.4 is 10.9 Å². The average Bonchev–Trinajstić information content (AvgIpc) is 3.24. The SMILES string of the molecule is N#C/C(=C/Nc1ccc(Cl)cc1C(F)(F)F)c1nc(-c2cc3cc(Br)ccc3oc2=O)cs1. The van der Waals surface area contributed by atoms with Crippen molar-refractivity contribution in [1.82, 2.24) is 4.98 Å². The summed E-state index contributed by atoms with van der Waals surface area (Å²) in [6.07, 6.45) is -3.51. The molecule has 0 aliphatic carbocycles. The van der Waals surface area contributed by atoms with Gasteiger partial charge in [-0.3, -0.25) is 0 Å². The molecule has 0 aliphatic rings. The summed E-state index contributed by atoms with van der Waals surface area (Å²) in [5.74, 6) is 0. The van der Waals surface area contributed by atoms with Gasteiger partial charge in [0.25, 0.3) is 0 Å². The van der Waals surface area contributed by atoms with Crippen molar-refractivity contribution in [1.29, 1.82) is 5.26 Å². The maximum atomic E-state index is 13.3. The molecule has 4 rings (SSSR count). The summed E-state index contributed by atoms with van der Waals surface area (Å²) >= 11 is 10.1. The third kappa shape index (κ3) is 4.95. The van der Waals surface area contributed by atoms with Crippen molar-refractivity contribution in [3.8, 4) is 17.3 Å². The molecule has 1 N–H and O–H groups in total. The predicted octanol–water partition coefficient (Wildman–Crippen LogP) is 7.33. The van der Waals surface area contributed by atoms with Gasteiger partial charge in [0.2, 0.25) is 0 Å². The molecule has 0 fully saturated rings. The number of fused-ring (bicyclic) bond motifs is 1. The van der Waals surface area contributed by atoms with E-state index in [0.717, 1.165) is 28.1 Å². The molecular weight excluding hydrogens is 543 g/mol. The summed E-state index contributed by atoms with van der Waals surface area (Å²) in [5, 5.41) is 14.4. The van der Waals surface area contributed by atoms with E-state index in [1.54, 1.807) is 29.6 Å². The second kappa shape index (κ2) is 9.02. The van der Waals surface area contributed by atoms with Crippen LogP contribution in [0.4, 0.5) is 18.9 Å². The van der Waals surface area contributed by atoms with Crippen molar-refractivity contribution < 1.29 is 17.6 Å². The number of nitrogens with one attached hydrogen (secondary N) is 1. The minimum Gasteiger partial charge on any atom is -0.422 e. The van der Waals surface area contributed by atoms with Gasteiger partial charge in [0.1, 0.15) is 22.2 Å². The van der Waals surface area contributed by atoms with Crippen LogP contribution in [0.2, 0.25) is 5.02 Å². The molecule has 2 aromatic carbocycles. The molecule has 0 saturated heterocycles. The molecule has 0 amide bonds. The molecule has 0 spiro atoms. The summed E-state index contributed by atoms with van der Waals surface area (Å²) in [7, 11) is 0. The van der Waals surface area contributed by atoms with E-state index in [4.69, 9.17) is 16.0 Å². The maximum Gasteiger partial charge on any atom is 0.418 e. The zero-order valence-electron chi connectivity index (χ0n) is 16.2. The minimum atomic E-state index is -4.64. The van der Waals surface area contributed by atoms with Gasteiger partial charge in [0.05, 0.1) is 22.5 Å². The van der Waals surface area contributed by atoms with E-state index in [1.807, 2.05) is 6.07 Å². The Kier molecular flexibility index (Phi) is 6.30. The first kappa shape index (κ1) is 23.0. The zero-order valence-corrected chi connectivity index (χ0v) is 19.4. The fourth-order valence-electron chi connectivity index (χ4n) is 2.96. The number of halogens is 5. The molecule has 33 heavy (non-hydrogen) atoms. The summed E-state index contributed by atoms with van der Waals surface area (Å²) in [6.45, 7) is 0. The van der Waals surface area contributed by atoms with Gasteiger partial charge in [-0.05, 0) is 42.5 Å². The summed E-state index contributed by atoms with van der Waals surface area (Å²) < 4.78 is 46.0. The largest absolute Gasteiger partial charge is 0.422 e. The molecule has 4 aromatic rings. The lowest BCUT2D eigenvalue weighted by molar-refractivity contribution is -0.136. The van der Waals surface area contributed by atoms with Gasteiger partial charge in [-0.15, -0.1) is 11.3 Å². The van der Waals surface area contributed by atoms with Crippen LogP contribution in [0.15, 0.2) is 67.7 Å². The standard InChI is InChI=1S/C22H10BrClF3N3O2S/c23-13-1-4-19-11(5-13)6-15(21(31)32-19)18-10-33-20(30-18)12(8-28)9-29-17-3-2-14(24)7-16(17)22(25,26)27/h1-7,9-10,29H/b12-9-. The number of rotatable bonds is 4. The van der Waals surface area contributed by atoms with Gasteiger partial charge in [-0.2, -0.15) is 18.4 Å². The molecular formula is C22H10BrClF3N3O2S. The highest BCUT2D eigenvalue weighted by Gasteiger charge is 2.33. The molecule has 2 heterocycles. The van der Waals surface area contributed by atoms with Gasteiger partial charge >= 0.3 is 11.8 Å². The maximum absolute atomic E-state index is 13.3. The van der Waals surface area contributed by atoms with E-state index >= 15 is 0 Å². The molecule has 0 radical (unpaired) electrons. The fourth-order valence-corrected chi connectivity index (χ4v) is 4.30. The lowest BCUT2D eigenvalue weighted by atomic mass is 10.1. The quantitative estimate of drug-likeness (QED) is 0.212. The normalized spacial score (nSPS) is 12.1. The molecule has 0 atom stereocenters. The first-order valence-corrected chi connectivity index (χ1v) is 11.1. The summed E-state index contributed by atoms with van der Waals surface area (Å²) in [6, 6.07) is 12.0. The van der Waals surface area contributed by atoms with E-state index < -0.39 is 17.4 Å². The Labute approximate surface area is 201 Å². The Hall–Kier alpha value is -3.13. The molecule has 0 aliphatic heterocycles. The number of thiazole rings is 1. The highest BCUT2D eigenvalue weighted by molar-refractivity contribution is 9.10. The van der Waals surface area contributed by atoms with Crippen LogP contribution in [0.1, 0.15) is 10.6 Å². The molecule has 0 unspecified atom stereocenters. The summed E-state index contributed by atoms with van der Waals surface area (Å²) in [5.41, 5.74) is -0.951. The van der Waals surface area contributed by atoms with E-state index in [9.17, 15) is 23.2 Å². The Morgan fingerprint density at radius 2 is 2.03 bits per heavy atom. The third-order valence-corrected chi connectivity index (χ3v) is 6.09. The van der Waals surface area contributed by atoms with Crippen molar-refractivity contribution >= 4 is 61.1 Å². The van der Waals surface area contributed by atoms with Crippen molar-refractivity contribution in [3.05, 3.63) is 84.5 Å². The van der Waals surface area contributed by atoms with Crippen molar-refractivity contribution in [2.45, 2.75) is 6.18 Å². The molecule has 166 valence electrons. The Balaban J connectivity index is 1.68. The summed E-state index contributed by atoms with van der Waals surface area (Å²) in [4.78, 5) is 16.7. The van der Waals surface area contributed by atoms with E-state index in [-0.39, 0.29) is 32.5 Å². The van der Waals surface area contributed by atoms with Crippen molar-refractivity contribution in [3.63, 3.8) is 0 Å². The number of benzene rings is 2. The van der Waals surface area contributed by atoms with Gasteiger partial charge < -0.3 is 9.73 Å². The van der Waals surface area contributed by atoms with Crippen molar-refractivity contribution in [2.24, 2.45) is 0 Å². The van der Waals surface area contributed by atoms with E-state index in [1.165, 1.54) is 12.1 Å². The number of nitrogens with zero attached hydrogens (tertiary/aromatic N) is 2. The first-order valence-electron chi connectivity index (χ1n) is 9.09. The number of allylic oxidation sites excluding steroid dienone is 1. The highest BCUT2D eigenvalue weighted by atomic mass is 79.9. The van der Waals surface area contributed by atoms with E-state index in [2.05, 4.69) is 26.2 Å². The van der Waals surface area contributed by atoms with Gasteiger partial charge in [-0.25, -0.2) is 9.78 Å². The predicted molar refractivity (Wildman–Crippen MR) is 125 cm³/mol. The number of aromatic nitrogens is 1. The molecule has 0 saturated carbocycles. The second-order valence-electron chi connectivity index (χ2n) is 6.67. The van der Waals surface area contributed by atoms with Crippen LogP contribution in [0.5, 0.6) is 0 Å². The lowest BCUT2D eigenvalue weighted by Gasteiger charge is -2.13. The Bertz CT molecular complexity index is 1510. The van der Waals surface area contributed by atoms with Crippen LogP contribution in [0.3, 0.4) is 0 Å². The smallest absolute Gasteiger partial charge is 0.418 e. The van der Waals surface area contributed by atoms with Gasteiger partial charge in [0, 0.05) is 26.5 Å². The third-order valence-electron chi connectivity index (χ3n) is 4.48. The Morgan fingerprint density at radius 3 is 2.76 bits per heavy atom. The monoisotopic (exact) mass is 551 g/mol. The minimum absolute atomic E-state index is 0.0118. The van der Waals surface area contributed by atoms with Gasteiger partial charge in [0.15, 0.2) is 0 Å². The number of hydrogen-bond acceptors (Lipinski definition) is 6. The Morgan fingerprint density at radius 1 is 1.24 bits per heavy atom. The lowest BCUT2D eigenvalue weighted by Crippen LogP contribution is -2.08. The molecule has 2 aromatic heterocycles. The number of alkyl halides is 3. The topological polar surface area (TPSA) is 78.9 Å². The fraction of sp³-hybridized carbons (Fsp3) is 0.0455. The molecule has 11 heteroatoms. The number of anilines is 1. The van der Waals surface area contributed by atoms with Crippen molar-refractivity contribution in [2.75, 3.05) is 5.32 Å². The zero-order chi connectivity index (χ0) is 23.8. The van der Waals surface area contributed by atoms with Crippen LogP contribution >= 0.6 is 38.9 Å². The van der Waals surface area contributed by atoms with Crippen LogP contribution in [0, 0.1) is 11.3 Å². The van der Waals surface area contributed by atoms with Crippen LogP contribution in [-0.4, -0.2) is 4.98 Å². The number of nitriles is 1. The average molecular weight is 553 g/mol. The van der Waals surface area contributed by atoms with E-state index in [0.29, 0.717) is 11.0 Å². The molecule has 0 bridgehead atoms. The van der Waals surface area contributed by atoms with Gasteiger partial charge in [-0.1, -0.05) is 27.5 Å². The highest BCUT2D eigenvalue weighted by Crippen LogP contribution is 2.37. The molecule has 5 nitrogen and oxygen atoms in total. The van der Waals surface area contributed by atoms with Crippen LogP contribution in [-0.2, 0) is 6.18 Å². The number of hydrogen-bond donors (Lipinski definition) is 1. The first-order chi connectivity index (χ1) is 15.7. The second-order valence-corrected chi connectivity index (χ2v) is 8.88. The van der Waals surface area contributed by atoms with Crippen LogP contribution in [0.25, 0.3) is 27.8 Å².